The molecule has 1 atom stereocenters. The molecule has 1 fully saturated rings. The number of rotatable bonds is 3. The third-order valence-electron chi connectivity index (χ3n) is 3.85. The maximum atomic E-state index is 11.6. The zero-order chi connectivity index (χ0) is 14.7. The minimum Gasteiger partial charge on any atom is -0.464 e. The summed E-state index contributed by atoms with van der Waals surface area (Å²) in [5, 5.41) is 0. The van der Waals surface area contributed by atoms with Crippen LogP contribution in [0, 0.1) is 0 Å². The summed E-state index contributed by atoms with van der Waals surface area (Å²) in [7, 11) is 3.48. The zero-order valence-electron chi connectivity index (χ0n) is 12.3. The van der Waals surface area contributed by atoms with Crippen LogP contribution >= 0.6 is 0 Å². The Morgan fingerprint density at radius 1 is 1.50 bits per heavy atom. The molecule has 0 aliphatic carbocycles. The molecule has 0 saturated carbocycles. The van der Waals surface area contributed by atoms with Gasteiger partial charge in [-0.05, 0) is 25.6 Å². The highest BCUT2D eigenvalue weighted by Crippen LogP contribution is 2.24. The van der Waals surface area contributed by atoms with Gasteiger partial charge in [0.15, 0.2) is 11.5 Å². The molecular weight excluding hydrogens is 256 g/mol. The van der Waals surface area contributed by atoms with Crippen LogP contribution in [0.25, 0.3) is 0 Å². The summed E-state index contributed by atoms with van der Waals surface area (Å²) in [6.07, 6.45) is 1.07. The molecule has 0 bridgehead atoms. The van der Waals surface area contributed by atoms with E-state index in [-0.39, 0.29) is 0 Å². The van der Waals surface area contributed by atoms with Gasteiger partial charge in [0, 0.05) is 25.7 Å². The molecule has 0 spiro atoms. The highest BCUT2D eigenvalue weighted by atomic mass is 16.5. The van der Waals surface area contributed by atoms with Crippen molar-refractivity contribution in [1.29, 1.82) is 0 Å². The third-order valence-corrected chi connectivity index (χ3v) is 3.85. The van der Waals surface area contributed by atoms with E-state index < -0.39 is 5.97 Å². The molecule has 0 aromatic carbocycles. The Balaban J connectivity index is 2.25. The maximum absolute atomic E-state index is 11.6. The topological polar surface area (TPSA) is 71.7 Å². The molecule has 2 N–H and O–H groups in total. The van der Waals surface area contributed by atoms with E-state index in [4.69, 9.17) is 10.5 Å². The summed E-state index contributed by atoms with van der Waals surface area (Å²) in [5.74, 6) is 0.242. The molecule has 1 saturated heterocycles. The Bertz CT molecular complexity index is 492. The number of carbonyl (C=O) groups excluding carboxylic acids is 1. The second-order valence-corrected chi connectivity index (χ2v) is 5.09. The lowest BCUT2D eigenvalue weighted by atomic mass is 10.1. The first-order chi connectivity index (χ1) is 9.56. The van der Waals surface area contributed by atoms with Gasteiger partial charge < -0.3 is 15.4 Å². The van der Waals surface area contributed by atoms with E-state index in [0.29, 0.717) is 23.2 Å². The summed E-state index contributed by atoms with van der Waals surface area (Å²) < 4.78 is 4.71. The smallest absolute Gasteiger partial charge is 0.356 e. The number of hydrogen-bond donors (Lipinski definition) is 1. The lowest BCUT2D eigenvalue weighted by molar-refractivity contribution is 0.0594. The number of nitrogen functional groups attached to an aromatic ring is 1. The molecule has 1 aliphatic heterocycles. The molecule has 2 rings (SSSR count). The van der Waals surface area contributed by atoms with Gasteiger partial charge in [-0.25, -0.2) is 9.78 Å². The normalized spacial score (nSPS) is 19.9. The van der Waals surface area contributed by atoms with Gasteiger partial charge in [-0.15, -0.1) is 0 Å². The molecule has 2 heterocycles. The minimum atomic E-state index is -0.438. The molecule has 1 unspecified atom stereocenters. The number of carbonyl (C=O) groups is 1. The van der Waals surface area contributed by atoms with Crippen molar-refractivity contribution < 1.29 is 9.53 Å². The molecule has 6 heteroatoms. The lowest BCUT2D eigenvalue weighted by Gasteiger charge is -2.40. The van der Waals surface area contributed by atoms with Crippen molar-refractivity contribution >= 4 is 17.5 Å². The Morgan fingerprint density at radius 3 is 2.90 bits per heavy atom. The lowest BCUT2D eigenvalue weighted by Crippen LogP contribution is -2.51. The number of nitrogens with two attached hydrogens (primary N) is 1. The number of nitrogens with zero attached hydrogens (tertiary/aromatic N) is 3. The number of methoxy groups -OCH3 is 1. The SMILES string of the molecule is CCC1CN(c2nc(C(=O)OC)ccc2N)CCN1C. The van der Waals surface area contributed by atoms with Gasteiger partial charge >= 0.3 is 5.97 Å². The first-order valence-corrected chi connectivity index (χ1v) is 6.86. The molecule has 1 aromatic rings. The number of likely N-dealkylation sites (N-methyl/N-ethyl adjacent to an activating group) is 1. The van der Waals surface area contributed by atoms with Crippen molar-refractivity contribution in [3.05, 3.63) is 17.8 Å². The number of pyridine rings is 1. The second kappa shape index (κ2) is 6.09. The summed E-state index contributed by atoms with van der Waals surface area (Å²) in [5.41, 5.74) is 6.90. The van der Waals surface area contributed by atoms with E-state index in [9.17, 15) is 4.79 Å². The highest BCUT2D eigenvalue weighted by Gasteiger charge is 2.25. The maximum Gasteiger partial charge on any atom is 0.356 e. The van der Waals surface area contributed by atoms with E-state index in [2.05, 4.69) is 28.8 Å². The Labute approximate surface area is 119 Å². The van der Waals surface area contributed by atoms with Crippen LogP contribution in [0.15, 0.2) is 12.1 Å². The predicted molar refractivity (Wildman–Crippen MR) is 78.9 cm³/mol. The Hall–Kier alpha value is -1.82. The predicted octanol–water partition coefficient (Wildman–Crippen LogP) is 0.981. The highest BCUT2D eigenvalue weighted by molar-refractivity contribution is 5.88. The molecule has 20 heavy (non-hydrogen) atoms. The first-order valence-electron chi connectivity index (χ1n) is 6.86. The van der Waals surface area contributed by atoms with Crippen molar-refractivity contribution in [3.63, 3.8) is 0 Å². The van der Waals surface area contributed by atoms with Crippen LogP contribution in [0.1, 0.15) is 23.8 Å². The van der Waals surface area contributed by atoms with E-state index in [1.54, 1.807) is 12.1 Å². The zero-order valence-corrected chi connectivity index (χ0v) is 12.3. The van der Waals surface area contributed by atoms with Crippen LogP contribution in [0.3, 0.4) is 0 Å². The molecule has 0 radical (unpaired) electrons. The number of esters is 1. The number of hydrogen-bond acceptors (Lipinski definition) is 6. The van der Waals surface area contributed by atoms with Gasteiger partial charge in [-0.1, -0.05) is 6.92 Å². The largest absolute Gasteiger partial charge is 0.464 e. The van der Waals surface area contributed by atoms with Crippen molar-refractivity contribution in [2.24, 2.45) is 0 Å². The fraction of sp³-hybridized carbons (Fsp3) is 0.571. The number of ether oxygens (including phenoxy) is 1. The molecule has 6 nitrogen and oxygen atoms in total. The van der Waals surface area contributed by atoms with Gasteiger partial charge in [0.1, 0.15) is 0 Å². The van der Waals surface area contributed by atoms with E-state index in [1.807, 2.05) is 0 Å². The summed E-state index contributed by atoms with van der Waals surface area (Å²) in [4.78, 5) is 20.4. The van der Waals surface area contributed by atoms with Crippen molar-refractivity contribution in [2.75, 3.05) is 44.4 Å². The van der Waals surface area contributed by atoms with Gasteiger partial charge in [0.2, 0.25) is 0 Å². The van der Waals surface area contributed by atoms with E-state index in [0.717, 1.165) is 26.1 Å². The van der Waals surface area contributed by atoms with Crippen LogP contribution in [0.2, 0.25) is 0 Å². The van der Waals surface area contributed by atoms with Crippen LogP contribution in [-0.2, 0) is 4.74 Å². The molecular formula is C14H22N4O2. The first kappa shape index (κ1) is 14.6. The second-order valence-electron chi connectivity index (χ2n) is 5.09. The van der Waals surface area contributed by atoms with Gasteiger partial charge in [-0.3, -0.25) is 4.90 Å². The van der Waals surface area contributed by atoms with Crippen LogP contribution < -0.4 is 10.6 Å². The summed E-state index contributed by atoms with van der Waals surface area (Å²) in [6, 6.07) is 3.79. The number of piperazine rings is 1. The Morgan fingerprint density at radius 2 is 2.25 bits per heavy atom. The number of aromatic nitrogens is 1. The minimum absolute atomic E-state index is 0.295. The van der Waals surface area contributed by atoms with Crippen LogP contribution in [-0.4, -0.2) is 55.7 Å². The van der Waals surface area contributed by atoms with E-state index >= 15 is 0 Å². The molecule has 1 aromatic heterocycles. The summed E-state index contributed by atoms with van der Waals surface area (Å²) >= 11 is 0. The fourth-order valence-electron chi connectivity index (χ4n) is 2.51. The van der Waals surface area contributed by atoms with Crippen molar-refractivity contribution in [1.82, 2.24) is 9.88 Å². The monoisotopic (exact) mass is 278 g/mol. The van der Waals surface area contributed by atoms with Crippen molar-refractivity contribution in [3.8, 4) is 0 Å². The average Bonchev–Trinajstić information content (AvgIpc) is 2.47. The number of anilines is 2. The molecule has 1 aliphatic rings. The van der Waals surface area contributed by atoms with Gasteiger partial charge in [0.05, 0.1) is 12.8 Å². The van der Waals surface area contributed by atoms with Gasteiger partial charge in [0.25, 0.3) is 0 Å². The van der Waals surface area contributed by atoms with E-state index in [1.165, 1.54) is 7.11 Å². The van der Waals surface area contributed by atoms with Crippen LogP contribution in [0.4, 0.5) is 11.5 Å². The Kier molecular flexibility index (Phi) is 4.44. The molecule has 0 amide bonds. The van der Waals surface area contributed by atoms with Gasteiger partial charge in [-0.2, -0.15) is 0 Å². The average molecular weight is 278 g/mol. The molecule has 110 valence electrons. The summed E-state index contributed by atoms with van der Waals surface area (Å²) in [6.45, 7) is 4.86. The standard InChI is InChI=1S/C14H22N4O2/c1-4-10-9-18(8-7-17(10)2)13-11(15)5-6-12(16-13)14(19)20-3/h5-6,10H,4,7-9,15H2,1-3H3. The van der Waals surface area contributed by atoms with Crippen molar-refractivity contribution in [2.45, 2.75) is 19.4 Å². The quantitative estimate of drug-likeness (QED) is 0.831. The third kappa shape index (κ3) is 2.85. The fourth-order valence-corrected chi connectivity index (χ4v) is 2.51. The van der Waals surface area contributed by atoms with Crippen LogP contribution in [0.5, 0.6) is 0 Å².